The van der Waals surface area contributed by atoms with Crippen molar-refractivity contribution in [2.45, 2.75) is 51.8 Å². The fourth-order valence-electron chi connectivity index (χ4n) is 1.03. The number of nitrogens with one attached hydrogen (secondary N) is 1. The number of hydrogen-bond donors (Lipinski definition) is 3. The number of amides is 1. The lowest BCUT2D eigenvalue weighted by Gasteiger charge is -2.19. The van der Waals surface area contributed by atoms with E-state index in [-0.39, 0.29) is 11.9 Å². The first-order valence-corrected chi connectivity index (χ1v) is 4.73. The number of aliphatic hydroxyl groups excluding tert-OH is 1. The topological polar surface area (TPSA) is 75.3 Å². The van der Waals surface area contributed by atoms with Crippen molar-refractivity contribution in [3.63, 3.8) is 0 Å². The van der Waals surface area contributed by atoms with Crippen molar-refractivity contribution in [1.29, 1.82) is 0 Å². The zero-order valence-corrected chi connectivity index (χ0v) is 8.58. The van der Waals surface area contributed by atoms with E-state index in [1.807, 2.05) is 20.8 Å². The third-order valence-corrected chi connectivity index (χ3v) is 1.73. The summed E-state index contributed by atoms with van der Waals surface area (Å²) in [6.45, 7) is 5.66. The number of nitrogens with two attached hydrogens (primary N) is 1. The quantitative estimate of drug-likeness (QED) is 0.568. The van der Waals surface area contributed by atoms with Crippen molar-refractivity contribution in [3.8, 4) is 0 Å². The Hall–Kier alpha value is -0.610. The van der Waals surface area contributed by atoms with E-state index in [1.165, 1.54) is 0 Å². The number of rotatable bonds is 5. The number of carbonyl (C=O) groups excluding carboxylic acids is 1. The fraction of sp³-hybridized carbons (Fsp3) is 0.889. The van der Waals surface area contributed by atoms with Gasteiger partial charge in [0.2, 0.25) is 5.91 Å². The molecule has 0 spiro atoms. The third-order valence-electron chi connectivity index (χ3n) is 1.73. The highest BCUT2D eigenvalue weighted by Gasteiger charge is 2.21. The standard InChI is InChI=1S/C9H20N2O2/c1-4-5-7(12)8(10)9(13)11-6(2)3/h6-8,12H,4-5,10H2,1-3H3,(H,11,13)/t7-,8-/m0/s1. The van der Waals surface area contributed by atoms with Crippen molar-refractivity contribution >= 4 is 5.91 Å². The minimum atomic E-state index is -0.803. The van der Waals surface area contributed by atoms with Gasteiger partial charge in [0.05, 0.1) is 6.10 Å². The summed E-state index contributed by atoms with van der Waals surface area (Å²) in [5.41, 5.74) is 5.53. The van der Waals surface area contributed by atoms with Gasteiger partial charge >= 0.3 is 0 Å². The van der Waals surface area contributed by atoms with Crippen LogP contribution in [0.15, 0.2) is 0 Å². The molecule has 0 bridgehead atoms. The third kappa shape index (κ3) is 4.85. The monoisotopic (exact) mass is 188 g/mol. The number of aliphatic hydroxyl groups is 1. The summed E-state index contributed by atoms with van der Waals surface area (Å²) >= 11 is 0. The van der Waals surface area contributed by atoms with Gasteiger partial charge in [-0.05, 0) is 20.3 Å². The Balaban J connectivity index is 3.93. The highest BCUT2D eigenvalue weighted by atomic mass is 16.3. The Morgan fingerprint density at radius 3 is 2.46 bits per heavy atom. The first-order valence-electron chi connectivity index (χ1n) is 4.73. The lowest BCUT2D eigenvalue weighted by molar-refractivity contribution is -0.125. The fourth-order valence-corrected chi connectivity index (χ4v) is 1.03. The molecule has 0 unspecified atom stereocenters. The van der Waals surface area contributed by atoms with Crippen LogP contribution in [0.4, 0.5) is 0 Å². The van der Waals surface area contributed by atoms with Crippen molar-refractivity contribution in [3.05, 3.63) is 0 Å². The van der Waals surface area contributed by atoms with Gasteiger partial charge in [0.25, 0.3) is 0 Å². The first kappa shape index (κ1) is 12.4. The Bertz CT molecular complexity index is 160. The summed E-state index contributed by atoms with van der Waals surface area (Å²) in [6, 6.07) is -0.741. The Labute approximate surface area is 79.5 Å². The second-order valence-electron chi connectivity index (χ2n) is 3.55. The van der Waals surface area contributed by atoms with Gasteiger partial charge in [-0.3, -0.25) is 4.79 Å². The van der Waals surface area contributed by atoms with Gasteiger partial charge in [-0.15, -0.1) is 0 Å². The molecule has 0 saturated carbocycles. The molecule has 0 saturated heterocycles. The molecule has 4 nitrogen and oxygen atoms in total. The Morgan fingerprint density at radius 2 is 2.08 bits per heavy atom. The second-order valence-corrected chi connectivity index (χ2v) is 3.55. The van der Waals surface area contributed by atoms with Crippen LogP contribution >= 0.6 is 0 Å². The zero-order chi connectivity index (χ0) is 10.4. The van der Waals surface area contributed by atoms with E-state index >= 15 is 0 Å². The molecule has 4 heteroatoms. The molecule has 78 valence electrons. The first-order chi connectivity index (χ1) is 5.99. The minimum Gasteiger partial charge on any atom is -0.391 e. The van der Waals surface area contributed by atoms with Crippen LogP contribution in [-0.2, 0) is 4.79 Å². The summed E-state index contributed by atoms with van der Waals surface area (Å²) in [4.78, 5) is 11.3. The van der Waals surface area contributed by atoms with Crippen LogP contribution in [0.25, 0.3) is 0 Å². The van der Waals surface area contributed by atoms with E-state index in [4.69, 9.17) is 5.73 Å². The molecule has 0 aliphatic heterocycles. The van der Waals surface area contributed by atoms with Gasteiger partial charge in [0, 0.05) is 6.04 Å². The van der Waals surface area contributed by atoms with E-state index in [1.54, 1.807) is 0 Å². The largest absolute Gasteiger partial charge is 0.391 e. The van der Waals surface area contributed by atoms with Crippen LogP contribution in [0, 0.1) is 0 Å². The van der Waals surface area contributed by atoms with Crippen molar-refractivity contribution in [2.75, 3.05) is 0 Å². The van der Waals surface area contributed by atoms with Crippen LogP contribution in [0.3, 0.4) is 0 Å². The van der Waals surface area contributed by atoms with Crippen LogP contribution in [-0.4, -0.2) is 29.2 Å². The van der Waals surface area contributed by atoms with Gasteiger partial charge in [-0.2, -0.15) is 0 Å². The molecule has 0 aromatic carbocycles. The maximum atomic E-state index is 11.3. The number of hydrogen-bond acceptors (Lipinski definition) is 3. The second kappa shape index (κ2) is 5.94. The minimum absolute atomic E-state index is 0.0624. The van der Waals surface area contributed by atoms with Crippen molar-refractivity contribution in [2.24, 2.45) is 5.73 Å². The van der Waals surface area contributed by atoms with Gasteiger partial charge in [0.1, 0.15) is 6.04 Å². The van der Waals surface area contributed by atoms with Crippen LogP contribution in [0.2, 0.25) is 0 Å². The molecule has 0 aliphatic carbocycles. The molecule has 0 aliphatic rings. The van der Waals surface area contributed by atoms with Crippen molar-refractivity contribution in [1.82, 2.24) is 5.32 Å². The normalized spacial score (nSPS) is 15.5. The summed E-state index contributed by atoms with van der Waals surface area (Å²) in [7, 11) is 0. The summed E-state index contributed by atoms with van der Waals surface area (Å²) in [6.07, 6.45) is 0.653. The Morgan fingerprint density at radius 1 is 1.54 bits per heavy atom. The zero-order valence-electron chi connectivity index (χ0n) is 8.58. The highest BCUT2D eigenvalue weighted by Crippen LogP contribution is 2.00. The van der Waals surface area contributed by atoms with E-state index in [9.17, 15) is 9.90 Å². The maximum Gasteiger partial charge on any atom is 0.239 e. The van der Waals surface area contributed by atoms with Gasteiger partial charge < -0.3 is 16.2 Å². The summed E-state index contributed by atoms with van der Waals surface area (Å²) in [5, 5.41) is 12.1. The van der Waals surface area contributed by atoms with Crippen LogP contribution in [0.1, 0.15) is 33.6 Å². The Kier molecular flexibility index (Phi) is 5.66. The molecule has 13 heavy (non-hydrogen) atoms. The molecule has 4 N–H and O–H groups in total. The summed E-state index contributed by atoms with van der Waals surface area (Å²) < 4.78 is 0. The van der Waals surface area contributed by atoms with Gasteiger partial charge in [-0.25, -0.2) is 0 Å². The average molecular weight is 188 g/mol. The van der Waals surface area contributed by atoms with Crippen LogP contribution < -0.4 is 11.1 Å². The molecule has 0 aromatic heterocycles. The molecule has 0 fully saturated rings. The molecule has 0 heterocycles. The average Bonchev–Trinajstić information content (AvgIpc) is 2.02. The lowest BCUT2D eigenvalue weighted by Crippen LogP contribution is -2.49. The molecular formula is C9H20N2O2. The van der Waals surface area contributed by atoms with Gasteiger partial charge in [0.15, 0.2) is 0 Å². The van der Waals surface area contributed by atoms with E-state index in [0.717, 1.165) is 6.42 Å². The molecule has 0 radical (unpaired) electrons. The smallest absolute Gasteiger partial charge is 0.239 e. The predicted molar refractivity (Wildman–Crippen MR) is 52.2 cm³/mol. The molecule has 1 amide bonds. The maximum absolute atomic E-state index is 11.3. The lowest BCUT2D eigenvalue weighted by atomic mass is 10.1. The number of carbonyl (C=O) groups is 1. The molecule has 0 aromatic rings. The van der Waals surface area contributed by atoms with Gasteiger partial charge in [-0.1, -0.05) is 13.3 Å². The van der Waals surface area contributed by atoms with Crippen molar-refractivity contribution < 1.29 is 9.90 Å². The van der Waals surface area contributed by atoms with E-state index < -0.39 is 12.1 Å². The molecular weight excluding hydrogens is 168 g/mol. The highest BCUT2D eigenvalue weighted by molar-refractivity contribution is 5.82. The SMILES string of the molecule is CCC[C@H](O)[C@H](N)C(=O)NC(C)C. The van der Waals surface area contributed by atoms with E-state index in [2.05, 4.69) is 5.32 Å². The molecule has 0 rings (SSSR count). The summed E-state index contributed by atoms with van der Waals surface area (Å²) in [5.74, 6) is -0.282. The molecule has 2 atom stereocenters. The predicted octanol–water partition coefficient (Wildman–Crippen LogP) is -0.000700. The van der Waals surface area contributed by atoms with E-state index in [0.29, 0.717) is 6.42 Å². The van der Waals surface area contributed by atoms with Crippen LogP contribution in [0.5, 0.6) is 0 Å².